The lowest BCUT2D eigenvalue weighted by Crippen LogP contribution is -2.23. The normalized spacial score (nSPS) is 15.7. The van der Waals surface area contributed by atoms with Gasteiger partial charge >= 0.3 is 0 Å². The van der Waals surface area contributed by atoms with Crippen molar-refractivity contribution in [2.45, 2.75) is 20.3 Å². The molecule has 0 aliphatic carbocycles. The van der Waals surface area contributed by atoms with Crippen molar-refractivity contribution in [1.29, 1.82) is 0 Å². The van der Waals surface area contributed by atoms with Gasteiger partial charge in [0.1, 0.15) is 0 Å². The molecule has 0 atom stereocenters. The predicted octanol–water partition coefficient (Wildman–Crippen LogP) is 3.05. The summed E-state index contributed by atoms with van der Waals surface area (Å²) in [5, 5.41) is 3.99. The van der Waals surface area contributed by atoms with Crippen molar-refractivity contribution in [2.75, 3.05) is 5.75 Å². The third kappa shape index (κ3) is 3.33. The molecule has 0 aromatic heterocycles. The lowest BCUT2D eigenvalue weighted by molar-refractivity contribution is 0.261. The van der Waals surface area contributed by atoms with Crippen LogP contribution in [0.5, 0.6) is 0 Å². The summed E-state index contributed by atoms with van der Waals surface area (Å²) in [6.45, 7) is 4.43. The molecule has 2 rings (SSSR count). The summed E-state index contributed by atoms with van der Waals surface area (Å²) >= 11 is 1.26. The number of hydrogen-bond acceptors (Lipinski definition) is 3. The van der Waals surface area contributed by atoms with E-state index in [0.717, 1.165) is 17.7 Å². The van der Waals surface area contributed by atoms with E-state index in [-0.39, 0.29) is 5.24 Å². The Kier molecular flexibility index (Phi) is 3.84. The SMILES string of the molecule is CC(C)Cc1ccc(C2=NNC(=O)SC2)cc1. The Morgan fingerprint density at radius 1 is 1.35 bits per heavy atom. The zero-order valence-corrected chi connectivity index (χ0v) is 10.9. The molecule has 0 radical (unpaired) electrons. The second-order valence-electron chi connectivity index (χ2n) is 4.54. The van der Waals surface area contributed by atoms with Gasteiger partial charge in [0.2, 0.25) is 0 Å². The molecular formula is C13H16N2OS. The van der Waals surface area contributed by atoms with Gasteiger partial charge in [0.15, 0.2) is 0 Å². The predicted molar refractivity (Wildman–Crippen MR) is 72.5 cm³/mol. The van der Waals surface area contributed by atoms with Crippen LogP contribution in [0.3, 0.4) is 0 Å². The van der Waals surface area contributed by atoms with E-state index in [1.807, 2.05) is 0 Å². The number of thioether (sulfide) groups is 1. The van der Waals surface area contributed by atoms with Crippen LogP contribution >= 0.6 is 11.8 Å². The minimum atomic E-state index is -0.0785. The van der Waals surface area contributed by atoms with E-state index in [2.05, 4.69) is 48.6 Å². The Morgan fingerprint density at radius 2 is 2.06 bits per heavy atom. The summed E-state index contributed by atoms with van der Waals surface area (Å²) in [4.78, 5) is 11.0. The number of nitrogens with one attached hydrogen (secondary N) is 1. The van der Waals surface area contributed by atoms with Crippen LogP contribution < -0.4 is 5.43 Å². The first-order chi connectivity index (χ1) is 8.15. The third-order valence-corrected chi connectivity index (χ3v) is 3.32. The molecular weight excluding hydrogens is 232 g/mol. The molecule has 0 spiro atoms. The van der Waals surface area contributed by atoms with Gasteiger partial charge in [-0.05, 0) is 23.5 Å². The van der Waals surface area contributed by atoms with Gasteiger partial charge in [0.05, 0.1) is 5.71 Å². The average Bonchev–Trinajstić information content (AvgIpc) is 2.30. The smallest absolute Gasteiger partial charge is 0.260 e. The standard InChI is InChI=1S/C13H16N2OS/c1-9(2)7-10-3-5-11(6-4-10)12-8-17-13(16)15-14-12/h3-6,9H,7-8H2,1-2H3,(H,15,16). The Labute approximate surface area is 106 Å². The molecule has 1 N–H and O–H groups in total. The van der Waals surface area contributed by atoms with Crippen LogP contribution in [0, 0.1) is 5.92 Å². The van der Waals surface area contributed by atoms with E-state index in [1.54, 1.807) is 0 Å². The fraction of sp³-hybridized carbons (Fsp3) is 0.385. The fourth-order valence-electron chi connectivity index (χ4n) is 1.76. The van der Waals surface area contributed by atoms with Gasteiger partial charge in [-0.3, -0.25) is 4.79 Å². The number of hydrogen-bond donors (Lipinski definition) is 1. The lowest BCUT2D eigenvalue weighted by atomic mass is 10.0. The molecule has 1 heterocycles. The summed E-state index contributed by atoms with van der Waals surface area (Å²) in [7, 11) is 0. The molecule has 90 valence electrons. The number of benzene rings is 1. The highest BCUT2D eigenvalue weighted by molar-refractivity contribution is 8.14. The van der Waals surface area contributed by atoms with Crippen LogP contribution in [0.1, 0.15) is 25.0 Å². The number of carbonyl (C=O) groups excluding carboxylic acids is 1. The van der Waals surface area contributed by atoms with Gasteiger partial charge in [-0.25, -0.2) is 5.43 Å². The van der Waals surface area contributed by atoms with Gasteiger partial charge in [0, 0.05) is 5.75 Å². The number of amides is 1. The van der Waals surface area contributed by atoms with Gasteiger partial charge in [0.25, 0.3) is 5.24 Å². The van der Waals surface area contributed by atoms with Crippen LogP contribution in [0.15, 0.2) is 29.4 Å². The minimum Gasteiger partial charge on any atom is -0.260 e. The molecule has 0 saturated carbocycles. The molecule has 4 heteroatoms. The van der Waals surface area contributed by atoms with Crippen molar-refractivity contribution in [3.8, 4) is 0 Å². The van der Waals surface area contributed by atoms with Crippen LogP contribution in [0.25, 0.3) is 0 Å². The van der Waals surface area contributed by atoms with E-state index >= 15 is 0 Å². The Morgan fingerprint density at radius 3 is 2.59 bits per heavy atom. The third-order valence-electron chi connectivity index (χ3n) is 2.55. The highest BCUT2D eigenvalue weighted by atomic mass is 32.2. The minimum absolute atomic E-state index is 0.0785. The maximum Gasteiger partial charge on any atom is 0.299 e. The van der Waals surface area contributed by atoms with E-state index in [9.17, 15) is 4.79 Å². The van der Waals surface area contributed by atoms with E-state index in [1.165, 1.54) is 17.3 Å². The molecule has 1 aliphatic heterocycles. The van der Waals surface area contributed by atoms with Gasteiger partial charge in [-0.2, -0.15) is 5.10 Å². The molecule has 1 aromatic carbocycles. The summed E-state index contributed by atoms with van der Waals surface area (Å²) in [6.07, 6.45) is 1.10. The van der Waals surface area contributed by atoms with Gasteiger partial charge in [-0.1, -0.05) is 49.9 Å². The van der Waals surface area contributed by atoms with Crippen LogP contribution in [0.4, 0.5) is 4.79 Å². The van der Waals surface area contributed by atoms with Crippen molar-refractivity contribution in [2.24, 2.45) is 11.0 Å². The zero-order valence-electron chi connectivity index (χ0n) is 10.1. The van der Waals surface area contributed by atoms with E-state index in [0.29, 0.717) is 11.7 Å². The maximum absolute atomic E-state index is 11.0. The average molecular weight is 248 g/mol. The van der Waals surface area contributed by atoms with E-state index < -0.39 is 0 Å². The molecule has 1 amide bonds. The molecule has 0 unspecified atom stereocenters. The molecule has 1 aromatic rings. The van der Waals surface area contributed by atoms with Gasteiger partial charge < -0.3 is 0 Å². The zero-order chi connectivity index (χ0) is 12.3. The first-order valence-electron chi connectivity index (χ1n) is 5.74. The number of nitrogens with zero attached hydrogens (tertiary/aromatic N) is 1. The first kappa shape index (κ1) is 12.2. The lowest BCUT2D eigenvalue weighted by Gasteiger charge is -2.12. The first-order valence-corrected chi connectivity index (χ1v) is 6.72. The molecule has 0 bridgehead atoms. The second kappa shape index (κ2) is 5.36. The largest absolute Gasteiger partial charge is 0.299 e. The van der Waals surface area contributed by atoms with Crippen LogP contribution in [-0.4, -0.2) is 16.7 Å². The van der Waals surface area contributed by atoms with Crippen molar-refractivity contribution in [1.82, 2.24) is 5.43 Å². The number of rotatable bonds is 3. The molecule has 0 saturated heterocycles. The number of carbonyl (C=O) groups is 1. The Bertz CT molecular complexity index is 437. The van der Waals surface area contributed by atoms with Gasteiger partial charge in [-0.15, -0.1) is 0 Å². The summed E-state index contributed by atoms with van der Waals surface area (Å²) in [5.41, 5.74) is 5.86. The van der Waals surface area contributed by atoms with E-state index in [4.69, 9.17) is 0 Å². The molecule has 17 heavy (non-hydrogen) atoms. The number of hydrazone groups is 1. The second-order valence-corrected chi connectivity index (χ2v) is 5.49. The molecule has 0 fully saturated rings. The fourth-order valence-corrected chi connectivity index (χ4v) is 2.37. The monoisotopic (exact) mass is 248 g/mol. The summed E-state index contributed by atoms with van der Waals surface area (Å²) < 4.78 is 0. The Hall–Kier alpha value is -1.29. The van der Waals surface area contributed by atoms with Crippen molar-refractivity contribution >= 4 is 22.7 Å². The molecule has 1 aliphatic rings. The quantitative estimate of drug-likeness (QED) is 0.893. The van der Waals surface area contributed by atoms with Crippen molar-refractivity contribution in [3.63, 3.8) is 0 Å². The van der Waals surface area contributed by atoms with Crippen molar-refractivity contribution < 1.29 is 4.79 Å². The summed E-state index contributed by atoms with van der Waals surface area (Å²) in [5.74, 6) is 1.32. The Balaban J connectivity index is 2.10. The highest BCUT2D eigenvalue weighted by Crippen LogP contribution is 2.15. The summed E-state index contributed by atoms with van der Waals surface area (Å²) in [6, 6.07) is 8.43. The van der Waals surface area contributed by atoms with Crippen LogP contribution in [0.2, 0.25) is 0 Å². The van der Waals surface area contributed by atoms with Crippen molar-refractivity contribution in [3.05, 3.63) is 35.4 Å². The van der Waals surface area contributed by atoms with Crippen LogP contribution in [-0.2, 0) is 6.42 Å². The maximum atomic E-state index is 11.0. The highest BCUT2D eigenvalue weighted by Gasteiger charge is 2.13. The molecule has 3 nitrogen and oxygen atoms in total. The topological polar surface area (TPSA) is 41.5 Å².